The van der Waals surface area contributed by atoms with E-state index in [-0.39, 0.29) is 17.0 Å². The molecule has 1 fully saturated rings. The molecule has 1 aliphatic heterocycles. The standard InChI is InChI=1S/C14H16Cl2FN3O/c1-19-2-3-21-9(7-19)8-20-13-4-10(16)11(17)5-12(13)18-14(20)6-15/h4-5,9H,2-3,6-8H2,1H3. The van der Waals surface area contributed by atoms with E-state index < -0.39 is 5.82 Å². The molecular weight excluding hydrogens is 316 g/mol. The first-order chi connectivity index (χ1) is 10.1. The van der Waals surface area contributed by atoms with Gasteiger partial charge in [-0.2, -0.15) is 0 Å². The summed E-state index contributed by atoms with van der Waals surface area (Å²) in [6.45, 7) is 3.11. The van der Waals surface area contributed by atoms with Crippen molar-refractivity contribution < 1.29 is 9.13 Å². The Morgan fingerprint density at radius 1 is 1.48 bits per heavy atom. The predicted octanol–water partition coefficient (Wildman–Crippen LogP) is 2.90. The summed E-state index contributed by atoms with van der Waals surface area (Å²) in [5.41, 5.74) is 1.35. The molecule has 1 aromatic carbocycles. The number of aromatic nitrogens is 2. The quantitative estimate of drug-likeness (QED) is 0.810. The summed E-state index contributed by atoms with van der Waals surface area (Å²) in [7, 11) is 2.07. The maximum absolute atomic E-state index is 13.6. The van der Waals surface area contributed by atoms with Crippen LogP contribution < -0.4 is 0 Å². The van der Waals surface area contributed by atoms with Crippen LogP contribution in [0.4, 0.5) is 4.39 Å². The van der Waals surface area contributed by atoms with Crippen molar-refractivity contribution in [3.8, 4) is 0 Å². The molecule has 1 aliphatic rings. The van der Waals surface area contributed by atoms with Gasteiger partial charge in [-0.05, 0) is 13.1 Å². The highest BCUT2D eigenvalue weighted by Gasteiger charge is 2.21. The van der Waals surface area contributed by atoms with Crippen molar-refractivity contribution in [1.29, 1.82) is 0 Å². The van der Waals surface area contributed by atoms with Crippen molar-refractivity contribution in [2.45, 2.75) is 18.5 Å². The van der Waals surface area contributed by atoms with Gasteiger partial charge in [0.2, 0.25) is 0 Å². The Balaban J connectivity index is 1.97. The van der Waals surface area contributed by atoms with Gasteiger partial charge in [-0.25, -0.2) is 9.37 Å². The number of hydrogen-bond acceptors (Lipinski definition) is 3. The van der Waals surface area contributed by atoms with Crippen molar-refractivity contribution in [2.24, 2.45) is 0 Å². The molecule has 3 rings (SSSR count). The molecule has 1 aromatic heterocycles. The van der Waals surface area contributed by atoms with Gasteiger partial charge in [0.1, 0.15) is 11.6 Å². The Hall–Kier alpha value is -0.880. The smallest absolute Gasteiger partial charge is 0.144 e. The highest BCUT2D eigenvalue weighted by molar-refractivity contribution is 6.31. The summed E-state index contributed by atoms with van der Waals surface area (Å²) < 4.78 is 21.3. The Bertz CT molecular complexity index is 661. The molecule has 7 heteroatoms. The van der Waals surface area contributed by atoms with E-state index in [1.54, 1.807) is 6.07 Å². The fourth-order valence-corrected chi connectivity index (χ4v) is 3.02. The van der Waals surface area contributed by atoms with Crippen molar-refractivity contribution >= 4 is 34.2 Å². The molecule has 0 radical (unpaired) electrons. The number of ether oxygens (including phenoxy) is 1. The van der Waals surface area contributed by atoms with Crippen LogP contribution in [0.2, 0.25) is 5.02 Å². The Morgan fingerprint density at radius 2 is 2.29 bits per heavy atom. The number of likely N-dealkylation sites (N-methyl/N-ethyl adjacent to an activating group) is 1. The molecule has 2 aromatic rings. The van der Waals surface area contributed by atoms with Crippen LogP contribution in [0.15, 0.2) is 12.1 Å². The topological polar surface area (TPSA) is 30.3 Å². The second-order valence-corrected chi connectivity index (χ2v) is 5.96. The zero-order chi connectivity index (χ0) is 15.0. The van der Waals surface area contributed by atoms with E-state index in [9.17, 15) is 4.39 Å². The molecule has 1 saturated heterocycles. The zero-order valence-electron chi connectivity index (χ0n) is 11.7. The predicted molar refractivity (Wildman–Crippen MR) is 81.5 cm³/mol. The minimum Gasteiger partial charge on any atom is -0.374 e. The van der Waals surface area contributed by atoms with Crippen LogP contribution >= 0.6 is 23.2 Å². The fourth-order valence-electron chi connectivity index (χ4n) is 2.66. The molecule has 21 heavy (non-hydrogen) atoms. The third-order valence-corrected chi connectivity index (χ3v) is 4.25. The highest BCUT2D eigenvalue weighted by atomic mass is 35.5. The number of halogens is 3. The van der Waals surface area contributed by atoms with Gasteiger partial charge in [0.05, 0.1) is 41.2 Å². The normalized spacial score (nSPS) is 20.3. The van der Waals surface area contributed by atoms with E-state index in [0.29, 0.717) is 24.5 Å². The summed E-state index contributed by atoms with van der Waals surface area (Å²) in [4.78, 5) is 6.60. The number of morpholine rings is 1. The third-order valence-electron chi connectivity index (χ3n) is 3.72. The van der Waals surface area contributed by atoms with Gasteiger partial charge >= 0.3 is 0 Å². The monoisotopic (exact) mass is 331 g/mol. The lowest BCUT2D eigenvalue weighted by atomic mass is 10.2. The minimum atomic E-state index is -0.469. The Morgan fingerprint density at radius 3 is 3.00 bits per heavy atom. The lowest BCUT2D eigenvalue weighted by Gasteiger charge is -2.30. The van der Waals surface area contributed by atoms with Crippen LogP contribution in [0.25, 0.3) is 11.0 Å². The second kappa shape index (κ2) is 6.08. The number of imidazole rings is 1. The number of benzene rings is 1. The molecular formula is C14H16Cl2FN3O. The molecule has 0 saturated carbocycles. The van der Waals surface area contributed by atoms with Gasteiger partial charge < -0.3 is 14.2 Å². The number of hydrogen-bond donors (Lipinski definition) is 0. The lowest BCUT2D eigenvalue weighted by molar-refractivity contribution is -0.0272. The molecule has 114 valence electrons. The average molecular weight is 332 g/mol. The molecule has 2 heterocycles. The first-order valence-electron chi connectivity index (χ1n) is 6.78. The Labute approximate surface area is 132 Å². The number of rotatable bonds is 3. The summed E-state index contributed by atoms with van der Waals surface area (Å²) in [5.74, 6) is 0.491. The largest absolute Gasteiger partial charge is 0.374 e. The summed E-state index contributed by atoms with van der Waals surface area (Å²) in [6, 6.07) is 2.94. The highest BCUT2D eigenvalue weighted by Crippen LogP contribution is 2.25. The number of nitrogens with zero attached hydrogens (tertiary/aromatic N) is 3. The molecule has 0 aliphatic carbocycles. The van der Waals surface area contributed by atoms with Crippen LogP contribution in [0.3, 0.4) is 0 Å². The zero-order valence-corrected chi connectivity index (χ0v) is 13.2. The average Bonchev–Trinajstić information content (AvgIpc) is 2.77. The van der Waals surface area contributed by atoms with Gasteiger partial charge in [-0.1, -0.05) is 11.6 Å². The van der Waals surface area contributed by atoms with E-state index in [0.717, 1.165) is 18.6 Å². The molecule has 0 spiro atoms. The molecule has 1 unspecified atom stereocenters. The van der Waals surface area contributed by atoms with E-state index in [1.807, 2.05) is 4.57 Å². The lowest BCUT2D eigenvalue weighted by Crippen LogP contribution is -2.42. The van der Waals surface area contributed by atoms with E-state index >= 15 is 0 Å². The van der Waals surface area contributed by atoms with Crippen molar-refractivity contribution in [3.05, 3.63) is 28.8 Å². The third kappa shape index (κ3) is 3.01. The maximum Gasteiger partial charge on any atom is 0.144 e. The second-order valence-electron chi connectivity index (χ2n) is 5.28. The van der Waals surface area contributed by atoms with E-state index in [4.69, 9.17) is 27.9 Å². The van der Waals surface area contributed by atoms with Crippen LogP contribution in [0.5, 0.6) is 0 Å². The SMILES string of the molecule is CN1CCOC(Cn2c(CCl)nc3cc(F)c(Cl)cc32)C1. The van der Waals surface area contributed by atoms with Crippen LogP contribution in [0.1, 0.15) is 5.82 Å². The van der Waals surface area contributed by atoms with E-state index in [2.05, 4.69) is 16.9 Å². The molecule has 1 atom stereocenters. The molecule has 4 nitrogen and oxygen atoms in total. The van der Waals surface area contributed by atoms with Gasteiger partial charge in [-0.3, -0.25) is 0 Å². The van der Waals surface area contributed by atoms with Crippen LogP contribution in [0, 0.1) is 5.82 Å². The molecule has 0 N–H and O–H groups in total. The van der Waals surface area contributed by atoms with Gasteiger partial charge in [-0.15, -0.1) is 11.6 Å². The van der Waals surface area contributed by atoms with Crippen LogP contribution in [-0.2, 0) is 17.2 Å². The van der Waals surface area contributed by atoms with Crippen molar-refractivity contribution in [1.82, 2.24) is 14.5 Å². The summed E-state index contributed by atoms with van der Waals surface area (Å²) in [5, 5.41) is 0.0893. The van der Waals surface area contributed by atoms with Gasteiger partial charge in [0, 0.05) is 19.2 Å². The number of alkyl halides is 1. The van der Waals surface area contributed by atoms with Crippen LogP contribution in [-0.4, -0.2) is 47.3 Å². The van der Waals surface area contributed by atoms with Crippen molar-refractivity contribution in [3.63, 3.8) is 0 Å². The van der Waals surface area contributed by atoms with Gasteiger partial charge in [0.15, 0.2) is 0 Å². The first-order valence-corrected chi connectivity index (χ1v) is 7.70. The summed E-state index contributed by atoms with van der Waals surface area (Å²) in [6.07, 6.45) is 0.0620. The minimum absolute atomic E-state index is 0.0620. The van der Waals surface area contributed by atoms with Crippen molar-refractivity contribution in [2.75, 3.05) is 26.7 Å². The summed E-state index contributed by atoms with van der Waals surface area (Å²) >= 11 is 11.9. The maximum atomic E-state index is 13.6. The van der Waals surface area contributed by atoms with Gasteiger partial charge in [0.25, 0.3) is 0 Å². The fraction of sp³-hybridized carbons (Fsp3) is 0.500. The molecule has 0 bridgehead atoms. The Kier molecular flexibility index (Phi) is 4.36. The number of fused-ring (bicyclic) bond motifs is 1. The first kappa shape index (κ1) is 15.0. The van der Waals surface area contributed by atoms with E-state index in [1.165, 1.54) is 6.07 Å². The molecule has 0 amide bonds.